The van der Waals surface area contributed by atoms with E-state index in [1.165, 1.54) is 0 Å². The molecule has 16 heavy (non-hydrogen) atoms. The number of anilines is 1. The molecule has 0 saturated heterocycles. The molecule has 0 saturated carbocycles. The van der Waals surface area contributed by atoms with Crippen molar-refractivity contribution in [2.45, 2.75) is 19.1 Å². The lowest BCUT2D eigenvalue weighted by Gasteiger charge is -2.33. The Morgan fingerprint density at radius 1 is 1.56 bits per heavy atom. The highest BCUT2D eigenvalue weighted by Gasteiger charge is 2.25. The summed E-state index contributed by atoms with van der Waals surface area (Å²) in [6.07, 6.45) is 0.0893. The van der Waals surface area contributed by atoms with Crippen molar-refractivity contribution in [2.75, 3.05) is 18.9 Å². The number of benzene rings is 1. The SMILES string of the molecule is CNCC1Oc2cc(C#N)ccc2NC1C. The number of nitrogens with one attached hydrogen (secondary N) is 2. The van der Waals surface area contributed by atoms with Crippen LogP contribution < -0.4 is 15.4 Å². The molecule has 1 heterocycles. The van der Waals surface area contributed by atoms with Crippen LogP contribution in [0.1, 0.15) is 12.5 Å². The Kier molecular flexibility index (Phi) is 2.97. The van der Waals surface area contributed by atoms with E-state index in [0.29, 0.717) is 5.56 Å². The fraction of sp³-hybridized carbons (Fsp3) is 0.417. The summed E-state index contributed by atoms with van der Waals surface area (Å²) in [5.74, 6) is 0.761. The average Bonchev–Trinajstić information content (AvgIpc) is 2.30. The fourth-order valence-electron chi connectivity index (χ4n) is 1.83. The molecule has 84 valence electrons. The van der Waals surface area contributed by atoms with Crippen LogP contribution in [-0.4, -0.2) is 25.7 Å². The van der Waals surface area contributed by atoms with E-state index in [4.69, 9.17) is 10.00 Å². The number of rotatable bonds is 2. The van der Waals surface area contributed by atoms with Gasteiger partial charge in [0.1, 0.15) is 11.9 Å². The fourth-order valence-corrected chi connectivity index (χ4v) is 1.83. The van der Waals surface area contributed by atoms with Crippen LogP contribution in [0.4, 0.5) is 5.69 Å². The molecule has 2 unspecified atom stereocenters. The van der Waals surface area contributed by atoms with Gasteiger partial charge < -0.3 is 15.4 Å². The number of hydrogen-bond donors (Lipinski definition) is 2. The topological polar surface area (TPSA) is 57.1 Å². The zero-order valence-electron chi connectivity index (χ0n) is 9.45. The lowest BCUT2D eigenvalue weighted by Crippen LogP contribution is -2.45. The molecule has 0 amide bonds. The Labute approximate surface area is 95.2 Å². The molecule has 2 rings (SSSR count). The van der Waals surface area contributed by atoms with E-state index in [9.17, 15) is 0 Å². The van der Waals surface area contributed by atoms with Gasteiger partial charge in [0.2, 0.25) is 0 Å². The number of hydrogen-bond acceptors (Lipinski definition) is 4. The quantitative estimate of drug-likeness (QED) is 0.785. The van der Waals surface area contributed by atoms with Gasteiger partial charge in [0.15, 0.2) is 0 Å². The van der Waals surface area contributed by atoms with E-state index in [1.807, 2.05) is 13.1 Å². The summed E-state index contributed by atoms with van der Waals surface area (Å²) in [4.78, 5) is 0. The zero-order valence-corrected chi connectivity index (χ0v) is 9.45. The van der Waals surface area contributed by atoms with E-state index in [2.05, 4.69) is 23.6 Å². The van der Waals surface area contributed by atoms with Crippen molar-refractivity contribution in [3.63, 3.8) is 0 Å². The summed E-state index contributed by atoms with van der Waals surface area (Å²) in [5.41, 5.74) is 1.58. The third-order valence-corrected chi connectivity index (χ3v) is 2.74. The Balaban J connectivity index is 2.26. The second-order valence-electron chi connectivity index (χ2n) is 3.97. The van der Waals surface area contributed by atoms with Crippen molar-refractivity contribution >= 4 is 5.69 Å². The smallest absolute Gasteiger partial charge is 0.144 e. The highest BCUT2D eigenvalue weighted by atomic mass is 16.5. The van der Waals surface area contributed by atoms with Crippen molar-refractivity contribution in [2.24, 2.45) is 0 Å². The molecule has 0 aromatic heterocycles. The summed E-state index contributed by atoms with van der Waals surface area (Å²) in [6, 6.07) is 7.82. The van der Waals surface area contributed by atoms with Gasteiger partial charge in [-0.15, -0.1) is 0 Å². The summed E-state index contributed by atoms with van der Waals surface area (Å²) in [6.45, 7) is 2.87. The highest BCUT2D eigenvalue weighted by Crippen LogP contribution is 2.31. The van der Waals surface area contributed by atoms with Crippen LogP contribution >= 0.6 is 0 Å². The van der Waals surface area contributed by atoms with Crippen LogP contribution in [0.5, 0.6) is 5.75 Å². The number of ether oxygens (including phenoxy) is 1. The van der Waals surface area contributed by atoms with E-state index in [1.54, 1.807) is 12.1 Å². The van der Waals surface area contributed by atoms with Crippen LogP contribution in [0, 0.1) is 11.3 Å². The standard InChI is InChI=1S/C12H15N3O/c1-8-12(7-14-2)16-11-5-9(6-13)3-4-10(11)15-8/h3-5,8,12,14-15H,7H2,1-2H3. The van der Waals surface area contributed by atoms with Gasteiger partial charge in [0, 0.05) is 12.6 Å². The first-order valence-electron chi connectivity index (χ1n) is 5.36. The Morgan fingerprint density at radius 3 is 3.06 bits per heavy atom. The van der Waals surface area contributed by atoms with E-state index in [-0.39, 0.29) is 12.1 Å². The second-order valence-corrected chi connectivity index (χ2v) is 3.97. The normalized spacial score (nSPS) is 22.6. The van der Waals surface area contributed by atoms with E-state index < -0.39 is 0 Å². The second kappa shape index (κ2) is 4.42. The van der Waals surface area contributed by atoms with Crippen LogP contribution in [-0.2, 0) is 0 Å². The zero-order chi connectivity index (χ0) is 11.5. The first-order chi connectivity index (χ1) is 7.74. The minimum Gasteiger partial charge on any atom is -0.485 e. The van der Waals surface area contributed by atoms with Crippen molar-refractivity contribution in [3.8, 4) is 11.8 Å². The molecule has 1 aliphatic rings. The van der Waals surface area contributed by atoms with Gasteiger partial charge in [-0.2, -0.15) is 5.26 Å². The number of nitrogens with zero attached hydrogens (tertiary/aromatic N) is 1. The molecule has 1 aromatic carbocycles. The molecule has 2 N–H and O–H groups in total. The van der Waals surface area contributed by atoms with E-state index in [0.717, 1.165) is 18.0 Å². The molecule has 2 atom stereocenters. The van der Waals surface area contributed by atoms with Gasteiger partial charge in [-0.3, -0.25) is 0 Å². The Hall–Kier alpha value is -1.73. The van der Waals surface area contributed by atoms with Gasteiger partial charge >= 0.3 is 0 Å². The lowest BCUT2D eigenvalue weighted by atomic mass is 10.1. The minimum atomic E-state index is 0.0893. The third kappa shape index (κ3) is 1.95. The maximum absolute atomic E-state index is 8.82. The van der Waals surface area contributed by atoms with Crippen LogP contribution in [0.15, 0.2) is 18.2 Å². The van der Waals surface area contributed by atoms with Crippen LogP contribution in [0.3, 0.4) is 0 Å². The van der Waals surface area contributed by atoms with Crippen molar-refractivity contribution in [1.29, 1.82) is 5.26 Å². The monoisotopic (exact) mass is 217 g/mol. The van der Waals surface area contributed by atoms with Gasteiger partial charge in [0.05, 0.1) is 23.4 Å². The predicted octanol–water partition coefficient (Wildman–Crippen LogP) is 1.34. The number of fused-ring (bicyclic) bond motifs is 1. The molecule has 0 fully saturated rings. The third-order valence-electron chi connectivity index (χ3n) is 2.74. The van der Waals surface area contributed by atoms with Gasteiger partial charge in [-0.1, -0.05) is 0 Å². The van der Waals surface area contributed by atoms with Gasteiger partial charge in [-0.05, 0) is 26.1 Å². The van der Waals surface area contributed by atoms with E-state index >= 15 is 0 Å². The molecular formula is C12H15N3O. The first-order valence-corrected chi connectivity index (χ1v) is 5.36. The highest BCUT2D eigenvalue weighted by molar-refractivity contribution is 5.61. The minimum absolute atomic E-state index is 0.0893. The first kappa shape index (κ1) is 10.8. The molecule has 0 spiro atoms. The number of likely N-dealkylation sites (N-methyl/N-ethyl adjacent to an activating group) is 1. The summed E-state index contributed by atoms with van der Waals surface area (Å²) < 4.78 is 5.85. The Morgan fingerprint density at radius 2 is 2.38 bits per heavy atom. The molecule has 4 nitrogen and oxygen atoms in total. The summed E-state index contributed by atoms with van der Waals surface area (Å²) in [5, 5.41) is 15.3. The molecule has 0 radical (unpaired) electrons. The lowest BCUT2D eigenvalue weighted by molar-refractivity contribution is 0.174. The summed E-state index contributed by atoms with van der Waals surface area (Å²) >= 11 is 0. The predicted molar refractivity (Wildman–Crippen MR) is 62.6 cm³/mol. The molecule has 0 bridgehead atoms. The summed E-state index contributed by atoms with van der Waals surface area (Å²) in [7, 11) is 1.90. The average molecular weight is 217 g/mol. The maximum Gasteiger partial charge on any atom is 0.144 e. The molecule has 4 heteroatoms. The van der Waals surface area contributed by atoms with Crippen LogP contribution in [0.25, 0.3) is 0 Å². The largest absolute Gasteiger partial charge is 0.485 e. The van der Waals surface area contributed by atoms with Crippen LogP contribution in [0.2, 0.25) is 0 Å². The molecular weight excluding hydrogens is 202 g/mol. The maximum atomic E-state index is 8.82. The van der Waals surface area contributed by atoms with Crippen molar-refractivity contribution in [3.05, 3.63) is 23.8 Å². The number of nitriles is 1. The van der Waals surface area contributed by atoms with Gasteiger partial charge in [-0.25, -0.2) is 0 Å². The molecule has 1 aliphatic heterocycles. The Bertz CT molecular complexity index is 425. The van der Waals surface area contributed by atoms with Crippen molar-refractivity contribution < 1.29 is 4.74 Å². The van der Waals surface area contributed by atoms with Crippen molar-refractivity contribution in [1.82, 2.24) is 5.32 Å². The molecule has 0 aliphatic carbocycles. The van der Waals surface area contributed by atoms with Gasteiger partial charge in [0.25, 0.3) is 0 Å². The molecule has 1 aromatic rings.